The summed E-state index contributed by atoms with van der Waals surface area (Å²) in [7, 11) is 0. The van der Waals surface area contributed by atoms with Crippen LogP contribution in [0, 0.1) is 11.3 Å². The van der Waals surface area contributed by atoms with Crippen molar-refractivity contribution >= 4 is 5.91 Å². The number of carbonyl (C=O) groups is 1. The number of ether oxygens (including phenoxy) is 1. The number of hydrogen-bond donors (Lipinski definition) is 2. The number of nitrogens with one attached hydrogen (secondary N) is 1. The molecule has 6 heteroatoms. The second-order valence-electron chi connectivity index (χ2n) is 8.79. The Hall–Kier alpha value is -2.10. The summed E-state index contributed by atoms with van der Waals surface area (Å²) in [6.45, 7) is 9.82. The molecule has 1 aliphatic carbocycles. The van der Waals surface area contributed by atoms with Crippen molar-refractivity contribution < 1.29 is 14.6 Å². The van der Waals surface area contributed by atoms with E-state index >= 15 is 0 Å². The Kier molecular flexibility index (Phi) is 4.50. The summed E-state index contributed by atoms with van der Waals surface area (Å²) in [5.41, 5.74) is 0.742. The lowest BCUT2D eigenvalue weighted by molar-refractivity contribution is -0.145. The van der Waals surface area contributed by atoms with E-state index in [2.05, 4.69) is 32.2 Å². The maximum Gasteiger partial charge on any atom is 0.245 e. The molecule has 1 atom stereocenters. The third kappa shape index (κ3) is 3.29. The van der Waals surface area contributed by atoms with E-state index in [-0.39, 0.29) is 23.5 Å². The number of aliphatic hydroxyl groups excluding tert-OH is 1. The van der Waals surface area contributed by atoms with Gasteiger partial charge >= 0.3 is 0 Å². The number of nitrogens with zero attached hydrogens (tertiary/aromatic N) is 2. The molecule has 1 saturated heterocycles. The van der Waals surface area contributed by atoms with Gasteiger partial charge in [0.1, 0.15) is 11.9 Å². The van der Waals surface area contributed by atoms with Crippen LogP contribution in [-0.4, -0.2) is 40.0 Å². The first-order chi connectivity index (χ1) is 12.0. The molecule has 2 aliphatic rings. The smallest absolute Gasteiger partial charge is 0.245 e. The molecule has 1 amide bonds. The van der Waals surface area contributed by atoms with Crippen LogP contribution in [0.15, 0.2) is 18.2 Å². The van der Waals surface area contributed by atoms with Gasteiger partial charge < -0.3 is 9.84 Å². The lowest BCUT2D eigenvalue weighted by Crippen LogP contribution is -2.54. The molecule has 2 fully saturated rings. The third-order valence-electron chi connectivity index (χ3n) is 5.20. The highest BCUT2D eigenvalue weighted by Gasteiger charge is 2.50. The van der Waals surface area contributed by atoms with E-state index < -0.39 is 11.9 Å². The number of rotatable bonds is 3. The van der Waals surface area contributed by atoms with E-state index in [1.165, 1.54) is 4.90 Å². The van der Waals surface area contributed by atoms with Crippen LogP contribution in [0.1, 0.15) is 58.6 Å². The summed E-state index contributed by atoms with van der Waals surface area (Å²) >= 11 is 0. The highest BCUT2D eigenvalue weighted by molar-refractivity contribution is 5.88. The van der Waals surface area contributed by atoms with Gasteiger partial charge in [0, 0.05) is 24.4 Å². The monoisotopic (exact) mass is 357 g/mol. The Labute approximate surface area is 154 Å². The van der Waals surface area contributed by atoms with Gasteiger partial charge in [0.2, 0.25) is 5.91 Å². The van der Waals surface area contributed by atoms with Crippen molar-refractivity contribution in [2.75, 3.05) is 0 Å². The zero-order valence-corrected chi connectivity index (χ0v) is 16.0. The van der Waals surface area contributed by atoms with Crippen LogP contribution in [0.4, 0.5) is 0 Å². The van der Waals surface area contributed by atoms with Gasteiger partial charge in [0.15, 0.2) is 6.35 Å². The van der Waals surface area contributed by atoms with Crippen LogP contribution in [0.2, 0.25) is 0 Å². The van der Waals surface area contributed by atoms with Gasteiger partial charge in [-0.25, -0.2) is 0 Å². The van der Waals surface area contributed by atoms with E-state index in [0.29, 0.717) is 18.4 Å². The summed E-state index contributed by atoms with van der Waals surface area (Å²) in [6, 6.07) is 7.65. The van der Waals surface area contributed by atoms with Gasteiger partial charge in [-0.1, -0.05) is 20.8 Å². The molecule has 0 spiro atoms. The highest BCUT2D eigenvalue weighted by atomic mass is 16.5. The number of benzene rings is 1. The van der Waals surface area contributed by atoms with Crippen LogP contribution in [0.25, 0.3) is 0 Å². The van der Waals surface area contributed by atoms with E-state index in [1.807, 2.05) is 12.1 Å². The summed E-state index contributed by atoms with van der Waals surface area (Å²) < 4.78 is 6.17. The molecule has 1 aromatic carbocycles. The molecule has 3 rings (SSSR count). The number of amides is 1. The number of aliphatic hydroxyl groups is 1. The summed E-state index contributed by atoms with van der Waals surface area (Å²) in [6.07, 6.45) is 0.426. The normalized spacial score (nSPS) is 27.8. The van der Waals surface area contributed by atoms with Crippen LogP contribution in [-0.2, 0) is 10.2 Å². The Balaban J connectivity index is 1.69. The molecule has 140 valence electrons. The maximum atomic E-state index is 12.4. The van der Waals surface area contributed by atoms with Gasteiger partial charge in [0.05, 0.1) is 17.2 Å². The fraction of sp³-hybridized carbons (Fsp3) is 0.600. The second-order valence-corrected chi connectivity index (χ2v) is 8.79. The van der Waals surface area contributed by atoms with E-state index in [0.717, 1.165) is 11.3 Å². The molecular weight excluding hydrogens is 330 g/mol. The summed E-state index contributed by atoms with van der Waals surface area (Å²) in [4.78, 5) is 14.0. The van der Waals surface area contributed by atoms with Gasteiger partial charge in [-0.2, -0.15) is 5.26 Å². The molecule has 0 aromatic heterocycles. The number of hydrogen-bond acceptors (Lipinski definition) is 5. The van der Waals surface area contributed by atoms with Gasteiger partial charge in [-0.05, 0) is 37.5 Å². The average molecular weight is 357 g/mol. The van der Waals surface area contributed by atoms with E-state index in [4.69, 9.17) is 10.00 Å². The van der Waals surface area contributed by atoms with Crippen molar-refractivity contribution in [3.63, 3.8) is 0 Å². The minimum absolute atomic E-state index is 0.00209. The molecule has 1 aliphatic heterocycles. The predicted molar refractivity (Wildman–Crippen MR) is 97.4 cm³/mol. The lowest BCUT2D eigenvalue weighted by atomic mass is 9.84. The van der Waals surface area contributed by atoms with Crippen molar-refractivity contribution in [3.05, 3.63) is 29.3 Å². The Morgan fingerprint density at radius 3 is 2.50 bits per heavy atom. The van der Waals surface area contributed by atoms with Crippen LogP contribution in [0.3, 0.4) is 0 Å². The van der Waals surface area contributed by atoms with E-state index in [1.54, 1.807) is 19.9 Å². The average Bonchev–Trinajstić information content (AvgIpc) is 2.70. The standard InChI is InChI=1S/C20H27N3O3/c1-19(2,3)15-8-12(11-21)6-7-16(15)26-14-9-13(10-14)23-17(24)20(4,5)22-18(23)25/h6-8,13-14,18,22,25H,9-10H2,1-5H3. The summed E-state index contributed by atoms with van der Waals surface area (Å²) in [5.74, 6) is 0.703. The SMILES string of the molecule is CC1(C)NC(O)N(C2CC(Oc3ccc(C#N)cc3C(C)(C)C)C2)C1=O. The van der Waals surface area contributed by atoms with Crippen LogP contribution >= 0.6 is 0 Å². The molecule has 1 unspecified atom stereocenters. The van der Waals surface area contributed by atoms with Crippen molar-refractivity contribution in [1.82, 2.24) is 10.2 Å². The number of carbonyl (C=O) groups excluding carboxylic acids is 1. The van der Waals surface area contributed by atoms with E-state index in [9.17, 15) is 9.90 Å². The summed E-state index contributed by atoms with van der Waals surface area (Å²) in [5, 5.41) is 22.2. The first kappa shape index (κ1) is 18.7. The topological polar surface area (TPSA) is 85.6 Å². The number of nitriles is 1. The molecule has 1 saturated carbocycles. The molecule has 6 nitrogen and oxygen atoms in total. The first-order valence-corrected chi connectivity index (χ1v) is 9.03. The zero-order valence-electron chi connectivity index (χ0n) is 16.0. The fourth-order valence-corrected chi connectivity index (χ4v) is 3.58. The minimum atomic E-state index is -0.941. The first-order valence-electron chi connectivity index (χ1n) is 9.03. The van der Waals surface area contributed by atoms with Gasteiger partial charge in [-0.3, -0.25) is 15.0 Å². The Morgan fingerprint density at radius 1 is 1.35 bits per heavy atom. The Morgan fingerprint density at radius 2 is 2.00 bits per heavy atom. The van der Waals surface area contributed by atoms with Crippen LogP contribution in [0.5, 0.6) is 5.75 Å². The molecule has 1 heterocycles. The van der Waals surface area contributed by atoms with Crippen molar-refractivity contribution in [1.29, 1.82) is 5.26 Å². The predicted octanol–water partition coefficient (Wildman–Crippen LogP) is 2.25. The van der Waals surface area contributed by atoms with Crippen molar-refractivity contribution in [2.24, 2.45) is 0 Å². The van der Waals surface area contributed by atoms with Crippen molar-refractivity contribution in [2.45, 2.75) is 76.9 Å². The van der Waals surface area contributed by atoms with Gasteiger partial charge in [0.25, 0.3) is 0 Å². The fourth-order valence-electron chi connectivity index (χ4n) is 3.58. The molecule has 0 bridgehead atoms. The zero-order chi connectivity index (χ0) is 19.3. The van der Waals surface area contributed by atoms with Gasteiger partial charge in [-0.15, -0.1) is 0 Å². The minimum Gasteiger partial charge on any atom is -0.490 e. The molecule has 1 aromatic rings. The van der Waals surface area contributed by atoms with Crippen molar-refractivity contribution in [3.8, 4) is 11.8 Å². The molecule has 0 radical (unpaired) electrons. The molecule has 2 N–H and O–H groups in total. The largest absolute Gasteiger partial charge is 0.490 e. The van der Waals surface area contributed by atoms with Crippen LogP contribution < -0.4 is 10.1 Å². The highest BCUT2D eigenvalue weighted by Crippen LogP contribution is 2.38. The molecular formula is C20H27N3O3. The lowest BCUT2D eigenvalue weighted by Gasteiger charge is -2.42. The Bertz CT molecular complexity index is 755. The maximum absolute atomic E-state index is 12.4. The quantitative estimate of drug-likeness (QED) is 0.867. The molecule has 26 heavy (non-hydrogen) atoms. The second kappa shape index (κ2) is 6.26. The third-order valence-corrected chi connectivity index (χ3v) is 5.20.